The monoisotopic (exact) mass is 329 g/mol. The van der Waals surface area contributed by atoms with Gasteiger partial charge >= 0.3 is 0 Å². The van der Waals surface area contributed by atoms with Crippen molar-refractivity contribution in [2.45, 2.75) is 12.5 Å². The fourth-order valence-corrected chi connectivity index (χ4v) is 3.18. The lowest BCUT2D eigenvalue weighted by Gasteiger charge is -2.26. The molecule has 1 aliphatic rings. The minimum absolute atomic E-state index is 0.00810. The Kier molecular flexibility index (Phi) is 4.21. The van der Waals surface area contributed by atoms with Gasteiger partial charge < -0.3 is 10.1 Å². The van der Waals surface area contributed by atoms with E-state index in [2.05, 4.69) is 17.4 Å². The highest BCUT2D eigenvalue weighted by Gasteiger charge is 2.22. The average Bonchev–Trinajstić information content (AvgIpc) is 2.69. The van der Waals surface area contributed by atoms with Crippen molar-refractivity contribution in [2.24, 2.45) is 0 Å². The van der Waals surface area contributed by atoms with E-state index in [1.807, 2.05) is 66.7 Å². The van der Waals surface area contributed by atoms with Gasteiger partial charge in [-0.25, -0.2) is 0 Å². The topological polar surface area (TPSA) is 38.3 Å². The van der Waals surface area contributed by atoms with Gasteiger partial charge in [-0.2, -0.15) is 0 Å². The van der Waals surface area contributed by atoms with Crippen LogP contribution in [0, 0.1) is 0 Å². The second kappa shape index (κ2) is 6.81. The number of rotatable bonds is 3. The summed E-state index contributed by atoms with van der Waals surface area (Å²) in [4.78, 5) is 12.6. The Bertz CT molecular complexity index is 872. The number of fused-ring (bicyclic) bond motifs is 1. The summed E-state index contributed by atoms with van der Waals surface area (Å²) in [6, 6.07) is 25.8. The van der Waals surface area contributed by atoms with Gasteiger partial charge in [0.1, 0.15) is 5.75 Å². The predicted molar refractivity (Wildman–Crippen MR) is 98.6 cm³/mol. The zero-order chi connectivity index (χ0) is 17.1. The van der Waals surface area contributed by atoms with Crippen LogP contribution in [0.15, 0.2) is 78.9 Å². The first kappa shape index (κ1) is 15.5. The van der Waals surface area contributed by atoms with Gasteiger partial charge in [-0.1, -0.05) is 60.7 Å². The summed E-state index contributed by atoms with van der Waals surface area (Å²) in [6.45, 7) is 0.620. The van der Waals surface area contributed by atoms with Crippen molar-refractivity contribution in [2.75, 3.05) is 6.61 Å². The third-order valence-corrected chi connectivity index (χ3v) is 4.52. The van der Waals surface area contributed by atoms with Crippen LogP contribution in [0.3, 0.4) is 0 Å². The van der Waals surface area contributed by atoms with E-state index in [9.17, 15) is 4.79 Å². The number of nitrogens with one attached hydrogen (secondary N) is 1. The summed E-state index contributed by atoms with van der Waals surface area (Å²) in [5.41, 5.74) is 3.97. The quantitative estimate of drug-likeness (QED) is 0.762. The standard InChI is InChI=1S/C22H19NO2/c24-22(23-20-14-15-25-21-9-5-4-8-19(20)21)18-12-10-17(11-13-18)16-6-2-1-3-7-16/h1-13,20H,14-15H2,(H,23,24). The molecule has 0 bridgehead atoms. The second-order valence-corrected chi connectivity index (χ2v) is 6.14. The van der Waals surface area contributed by atoms with Crippen molar-refractivity contribution in [3.8, 4) is 16.9 Å². The van der Waals surface area contributed by atoms with E-state index in [-0.39, 0.29) is 11.9 Å². The SMILES string of the molecule is O=C(NC1CCOc2ccccc21)c1ccc(-c2ccccc2)cc1. The molecule has 3 aromatic carbocycles. The Morgan fingerprint density at radius 3 is 2.32 bits per heavy atom. The second-order valence-electron chi connectivity index (χ2n) is 6.14. The normalized spacial score (nSPS) is 15.8. The van der Waals surface area contributed by atoms with E-state index in [1.54, 1.807) is 0 Å². The van der Waals surface area contributed by atoms with Gasteiger partial charge in [0.25, 0.3) is 5.91 Å². The first-order chi connectivity index (χ1) is 12.3. The van der Waals surface area contributed by atoms with E-state index in [0.717, 1.165) is 28.9 Å². The molecule has 124 valence electrons. The smallest absolute Gasteiger partial charge is 0.251 e. The van der Waals surface area contributed by atoms with E-state index < -0.39 is 0 Å². The molecule has 25 heavy (non-hydrogen) atoms. The van der Waals surface area contributed by atoms with Crippen LogP contribution in [-0.2, 0) is 0 Å². The molecule has 0 fully saturated rings. The highest BCUT2D eigenvalue weighted by Crippen LogP contribution is 2.31. The Hall–Kier alpha value is -3.07. The van der Waals surface area contributed by atoms with Crippen LogP contribution in [0.25, 0.3) is 11.1 Å². The number of ether oxygens (including phenoxy) is 1. The summed E-state index contributed by atoms with van der Waals surface area (Å²) >= 11 is 0. The van der Waals surface area contributed by atoms with Gasteiger partial charge in [-0.3, -0.25) is 4.79 Å². The molecule has 1 aliphatic heterocycles. The lowest BCUT2D eigenvalue weighted by Crippen LogP contribution is -2.32. The lowest BCUT2D eigenvalue weighted by molar-refractivity contribution is 0.0925. The van der Waals surface area contributed by atoms with Crippen molar-refractivity contribution < 1.29 is 9.53 Å². The Morgan fingerprint density at radius 2 is 1.52 bits per heavy atom. The van der Waals surface area contributed by atoms with Crippen molar-refractivity contribution in [3.63, 3.8) is 0 Å². The number of hydrogen-bond donors (Lipinski definition) is 1. The fraction of sp³-hybridized carbons (Fsp3) is 0.136. The fourth-order valence-electron chi connectivity index (χ4n) is 3.18. The molecule has 0 aromatic heterocycles. The molecule has 0 radical (unpaired) electrons. The van der Waals surface area contributed by atoms with Gasteiger partial charge in [-0.05, 0) is 29.3 Å². The van der Waals surface area contributed by atoms with Crippen molar-refractivity contribution in [1.29, 1.82) is 0 Å². The molecule has 1 N–H and O–H groups in total. The van der Waals surface area contributed by atoms with Crippen LogP contribution in [0.2, 0.25) is 0 Å². The Labute approximate surface area is 147 Å². The van der Waals surface area contributed by atoms with Crippen LogP contribution in [-0.4, -0.2) is 12.5 Å². The maximum absolute atomic E-state index is 12.6. The van der Waals surface area contributed by atoms with Crippen LogP contribution in [0.1, 0.15) is 28.4 Å². The third-order valence-electron chi connectivity index (χ3n) is 4.52. The van der Waals surface area contributed by atoms with Crippen molar-refractivity contribution in [1.82, 2.24) is 5.32 Å². The number of hydrogen-bond acceptors (Lipinski definition) is 2. The summed E-state index contributed by atoms with van der Waals surface area (Å²) in [5, 5.41) is 3.13. The third kappa shape index (κ3) is 3.26. The van der Waals surface area contributed by atoms with Crippen LogP contribution in [0.4, 0.5) is 0 Å². The van der Waals surface area contributed by atoms with Gasteiger partial charge in [0.2, 0.25) is 0 Å². The van der Waals surface area contributed by atoms with Crippen molar-refractivity contribution >= 4 is 5.91 Å². The minimum atomic E-state index is -0.0543. The Balaban J connectivity index is 1.51. The molecule has 0 saturated heterocycles. The molecular weight excluding hydrogens is 310 g/mol. The molecule has 1 unspecified atom stereocenters. The Morgan fingerprint density at radius 1 is 0.840 bits per heavy atom. The summed E-state index contributed by atoms with van der Waals surface area (Å²) in [7, 11) is 0. The average molecular weight is 329 g/mol. The molecular formula is C22H19NO2. The molecule has 1 atom stereocenters. The molecule has 0 spiro atoms. The van der Waals surface area contributed by atoms with E-state index in [1.165, 1.54) is 0 Å². The highest BCUT2D eigenvalue weighted by atomic mass is 16.5. The molecule has 3 aromatic rings. The zero-order valence-electron chi connectivity index (χ0n) is 13.8. The molecule has 3 heteroatoms. The molecule has 0 aliphatic carbocycles. The first-order valence-corrected chi connectivity index (χ1v) is 8.49. The molecule has 3 nitrogen and oxygen atoms in total. The van der Waals surface area contributed by atoms with Crippen LogP contribution < -0.4 is 10.1 Å². The molecule has 1 heterocycles. The summed E-state index contributed by atoms with van der Waals surface area (Å²) in [5.74, 6) is 0.805. The van der Waals surface area contributed by atoms with Crippen LogP contribution >= 0.6 is 0 Å². The first-order valence-electron chi connectivity index (χ1n) is 8.49. The number of carbonyl (C=O) groups excluding carboxylic acids is 1. The highest BCUT2D eigenvalue weighted by molar-refractivity contribution is 5.95. The summed E-state index contributed by atoms with van der Waals surface area (Å²) < 4.78 is 5.65. The minimum Gasteiger partial charge on any atom is -0.493 e. The number of carbonyl (C=O) groups is 1. The van der Waals surface area contributed by atoms with E-state index in [4.69, 9.17) is 4.74 Å². The number of amides is 1. The van der Waals surface area contributed by atoms with Gasteiger partial charge in [0, 0.05) is 17.5 Å². The lowest BCUT2D eigenvalue weighted by atomic mass is 9.99. The van der Waals surface area contributed by atoms with Gasteiger partial charge in [0.05, 0.1) is 12.6 Å². The molecule has 4 rings (SSSR count). The number of benzene rings is 3. The van der Waals surface area contributed by atoms with Crippen LogP contribution in [0.5, 0.6) is 5.75 Å². The molecule has 1 amide bonds. The van der Waals surface area contributed by atoms with Gasteiger partial charge in [-0.15, -0.1) is 0 Å². The maximum atomic E-state index is 12.6. The van der Waals surface area contributed by atoms with Crippen molar-refractivity contribution in [3.05, 3.63) is 90.0 Å². The summed E-state index contributed by atoms with van der Waals surface area (Å²) in [6.07, 6.45) is 0.783. The zero-order valence-corrected chi connectivity index (χ0v) is 13.8. The van der Waals surface area contributed by atoms with E-state index in [0.29, 0.717) is 12.2 Å². The predicted octanol–water partition coefficient (Wildman–Crippen LogP) is 4.61. The van der Waals surface area contributed by atoms with E-state index >= 15 is 0 Å². The molecule has 0 saturated carbocycles. The maximum Gasteiger partial charge on any atom is 0.251 e. The largest absolute Gasteiger partial charge is 0.493 e. The van der Waals surface area contributed by atoms with Gasteiger partial charge in [0.15, 0.2) is 0 Å². The number of para-hydroxylation sites is 1.